The van der Waals surface area contributed by atoms with Gasteiger partial charge >= 0.3 is 12.0 Å². The second-order valence-electron chi connectivity index (χ2n) is 3.83. The van der Waals surface area contributed by atoms with Crippen LogP contribution in [-0.4, -0.2) is 49.6 Å². The molecule has 1 aromatic heterocycles. The molecule has 1 heterocycles. The van der Waals surface area contributed by atoms with Crippen molar-refractivity contribution in [1.29, 1.82) is 0 Å². The van der Waals surface area contributed by atoms with Gasteiger partial charge in [0.15, 0.2) is 0 Å². The number of carbonyl (C=O) groups is 2. The number of urea groups is 1. The van der Waals surface area contributed by atoms with E-state index in [-0.39, 0.29) is 6.54 Å². The van der Waals surface area contributed by atoms with Crippen LogP contribution < -0.4 is 10.6 Å². The average Bonchev–Trinajstić information content (AvgIpc) is 2.70. The molecule has 9 heteroatoms. The number of carbonyl (C=O) groups excluding carboxylic acids is 1. The summed E-state index contributed by atoms with van der Waals surface area (Å²) >= 11 is 0. The van der Waals surface area contributed by atoms with Crippen molar-refractivity contribution in [2.24, 2.45) is 0 Å². The lowest BCUT2D eigenvalue weighted by Gasteiger charge is -2.04. The number of nitrogens with zero attached hydrogens (tertiary/aromatic N) is 2. The van der Waals surface area contributed by atoms with Crippen molar-refractivity contribution in [2.45, 2.75) is 13.0 Å². The number of aromatic nitrogens is 2. The number of carboxylic acid groups (broad SMARTS) is 1. The number of nitrogens with one attached hydrogen (secondary N) is 2. The molecule has 19 heavy (non-hydrogen) atoms. The maximum absolute atomic E-state index is 11.4. The molecule has 0 fully saturated rings. The topological polar surface area (TPSA) is 113 Å². The minimum atomic E-state index is -1.01. The Morgan fingerprint density at radius 1 is 1.53 bits per heavy atom. The van der Waals surface area contributed by atoms with Crippen LogP contribution in [0.1, 0.15) is 6.42 Å². The van der Waals surface area contributed by atoms with E-state index < -0.39 is 22.8 Å². The van der Waals surface area contributed by atoms with E-state index in [2.05, 4.69) is 15.7 Å². The van der Waals surface area contributed by atoms with Crippen LogP contribution in [0.15, 0.2) is 12.4 Å². The summed E-state index contributed by atoms with van der Waals surface area (Å²) in [7, 11) is -0.861. The number of aliphatic carboxylic acids is 1. The summed E-state index contributed by atoms with van der Waals surface area (Å²) in [5, 5.41) is 17.5. The van der Waals surface area contributed by atoms with Gasteiger partial charge in [-0.3, -0.25) is 13.7 Å². The molecule has 8 nitrogen and oxygen atoms in total. The quantitative estimate of drug-likeness (QED) is 0.604. The summed E-state index contributed by atoms with van der Waals surface area (Å²) in [6.45, 7) is 0.167. The third-order valence-electron chi connectivity index (χ3n) is 2.08. The second kappa shape index (κ2) is 7.52. The van der Waals surface area contributed by atoms with E-state index in [0.717, 1.165) is 0 Å². The van der Waals surface area contributed by atoms with Crippen molar-refractivity contribution in [3.63, 3.8) is 0 Å². The van der Waals surface area contributed by atoms with Gasteiger partial charge in [0.1, 0.15) is 6.54 Å². The fourth-order valence-corrected chi connectivity index (χ4v) is 1.86. The van der Waals surface area contributed by atoms with E-state index in [1.54, 1.807) is 6.26 Å². The Morgan fingerprint density at radius 3 is 2.89 bits per heavy atom. The van der Waals surface area contributed by atoms with E-state index in [9.17, 15) is 13.8 Å². The number of anilines is 1. The Kier molecular flexibility index (Phi) is 6.00. The second-order valence-corrected chi connectivity index (χ2v) is 5.39. The molecular weight excluding hydrogens is 272 g/mol. The summed E-state index contributed by atoms with van der Waals surface area (Å²) in [5.41, 5.74) is 0.415. The summed E-state index contributed by atoms with van der Waals surface area (Å²) in [4.78, 5) is 21.9. The lowest BCUT2D eigenvalue weighted by Crippen LogP contribution is -2.30. The standard InChI is InChI=1S/C10H16N4O4S/c1-19(18)4-2-3-11-10(17)13-8-5-12-14(6-8)7-9(15)16/h5-6H,2-4,7H2,1H3,(H,15,16)(H2,11,13,17). The zero-order valence-electron chi connectivity index (χ0n) is 10.5. The number of carboxylic acids is 1. The average molecular weight is 288 g/mol. The van der Waals surface area contributed by atoms with Crippen molar-refractivity contribution >= 4 is 28.5 Å². The molecule has 0 saturated carbocycles. The molecule has 0 aromatic carbocycles. The van der Waals surface area contributed by atoms with E-state index >= 15 is 0 Å². The van der Waals surface area contributed by atoms with E-state index in [1.165, 1.54) is 17.1 Å². The van der Waals surface area contributed by atoms with E-state index in [4.69, 9.17) is 5.11 Å². The highest BCUT2D eigenvalue weighted by molar-refractivity contribution is 7.84. The van der Waals surface area contributed by atoms with Gasteiger partial charge in [-0.05, 0) is 6.42 Å². The van der Waals surface area contributed by atoms with Crippen molar-refractivity contribution in [3.8, 4) is 0 Å². The summed E-state index contributed by atoms with van der Waals surface area (Å²) in [6.07, 6.45) is 5.03. The van der Waals surface area contributed by atoms with Gasteiger partial charge in [-0.1, -0.05) is 0 Å². The molecule has 0 bridgehead atoms. The molecule has 0 aliphatic carbocycles. The Hall–Kier alpha value is -1.90. The smallest absolute Gasteiger partial charge is 0.325 e. The number of hydrogen-bond acceptors (Lipinski definition) is 4. The van der Waals surface area contributed by atoms with Crippen LogP contribution in [0, 0.1) is 0 Å². The van der Waals surface area contributed by atoms with Gasteiger partial charge in [-0.25, -0.2) is 4.79 Å². The molecule has 1 atom stereocenters. The van der Waals surface area contributed by atoms with Gasteiger partial charge in [-0.15, -0.1) is 0 Å². The lowest BCUT2D eigenvalue weighted by molar-refractivity contribution is -0.137. The minimum Gasteiger partial charge on any atom is -0.480 e. The zero-order valence-corrected chi connectivity index (χ0v) is 11.3. The fourth-order valence-electron chi connectivity index (χ4n) is 1.31. The first kappa shape index (κ1) is 15.2. The predicted molar refractivity (Wildman–Crippen MR) is 70.4 cm³/mol. The van der Waals surface area contributed by atoms with Crippen LogP contribution in [0.4, 0.5) is 10.5 Å². The number of rotatable bonds is 7. The van der Waals surface area contributed by atoms with Crippen LogP contribution in [0.5, 0.6) is 0 Å². The third kappa shape index (κ3) is 6.55. The van der Waals surface area contributed by atoms with Crippen LogP contribution >= 0.6 is 0 Å². The fraction of sp³-hybridized carbons (Fsp3) is 0.500. The van der Waals surface area contributed by atoms with Crippen LogP contribution in [0.3, 0.4) is 0 Å². The monoisotopic (exact) mass is 288 g/mol. The van der Waals surface area contributed by atoms with Crippen LogP contribution in [-0.2, 0) is 22.1 Å². The molecule has 0 spiro atoms. The highest BCUT2D eigenvalue weighted by Crippen LogP contribution is 2.04. The van der Waals surface area contributed by atoms with E-state index in [0.29, 0.717) is 24.4 Å². The van der Waals surface area contributed by atoms with Crippen molar-refractivity contribution in [2.75, 3.05) is 23.9 Å². The molecule has 0 aliphatic rings. The highest BCUT2D eigenvalue weighted by atomic mass is 32.2. The lowest BCUT2D eigenvalue weighted by atomic mass is 10.5. The first-order valence-electron chi connectivity index (χ1n) is 5.56. The number of amides is 2. The molecular formula is C10H16N4O4S. The van der Waals surface area contributed by atoms with Gasteiger partial charge in [0, 0.05) is 35.5 Å². The molecule has 1 unspecified atom stereocenters. The molecule has 1 rings (SSSR count). The van der Waals surface area contributed by atoms with Crippen LogP contribution in [0.25, 0.3) is 0 Å². The minimum absolute atomic E-state index is 0.258. The van der Waals surface area contributed by atoms with Crippen LogP contribution in [0.2, 0.25) is 0 Å². The maximum atomic E-state index is 11.4. The molecule has 0 radical (unpaired) electrons. The van der Waals surface area contributed by atoms with Gasteiger partial charge in [0.25, 0.3) is 0 Å². The third-order valence-corrected chi connectivity index (χ3v) is 2.95. The summed E-state index contributed by atoms with van der Waals surface area (Å²) in [6, 6.07) is -0.406. The van der Waals surface area contributed by atoms with Gasteiger partial charge in [0.2, 0.25) is 0 Å². The zero-order chi connectivity index (χ0) is 14.3. The normalized spacial score (nSPS) is 11.8. The first-order valence-corrected chi connectivity index (χ1v) is 7.29. The maximum Gasteiger partial charge on any atom is 0.325 e. The van der Waals surface area contributed by atoms with Gasteiger partial charge in [-0.2, -0.15) is 5.10 Å². The van der Waals surface area contributed by atoms with E-state index in [1.807, 2.05) is 0 Å². The molecule has 1 aromatic rings. The predicted octanol–water partition coefficient (Wildman–Crippen LogP) is -0.142. The molecule has 2 amide bonds. The van der Waals surface area contributed by atoms with Crippen molar-refractivity contribution in [1.82, 2.24) is 15.1 Å². The van der Waals surface area contributed by atoms with Gasteiger partial charge < -0.3 is 15.7 Å². The Bertz CT molecular complexity index is 474. The molecule has 106 valence electrons. The SMILES string of the molecule is CS(=O)CCCNC(=O)Nc1cnn(CC(=O)O)c1. The highest BCUT2D eigenvalue weighted by Gasteiger charge is 2.05. The number of hydrogen-bond donors (Lipinski definition) is 3. The summed E-state index contributed by atoms with van der Waals surface area (Å²) in [5.74, 6) is -0.469. The molecule has 0 saturated heterocycles. The first-order chi connectivity index (χ1) is 8.97. The summed E-state index contributed by atoms with van der Waals surface area (Å²) < 4.78 is 12.0. The Labute approximate surface area is 112 Å². The largest absolute Gasteiger partial charge is 0.480 e. The molecule has 0 aliphatic heterocycles. The van der Waals surface area contributed by atoms with Crippen molar-refractivity contribution in [3.05, 3.63) is 12.4 Å². The Morgan fingerprint density at radius 2 is 2.26 bits per heavy atom. The molecule has 3 N–H and O–H groups in total. The van der Waals surface area contributed by atoms with Gasteiger partial charge in [0.05, 0.1) is 11.9 Å². The van der Waals surface area contributed by atoms with Crippen molar-refractivity contribution < 1.29 is 18.9 Å². The Balaban J connectivity index is 2.30.